The topological polar surface area (TPSA) is 47.4 Å². The van der Waals surface area contributed by atoms with Crippen molar-refractivity contribution in [2.45, 2.75) is 25.6 Å². The van der Waals surface area contributed by atoms with Gasteiger partial charge in [0.05, 0.1) is 30.0 Å². The molecule has 1 aliphatic rings. The Hall–Kier alpha value is -3.20. The number of hydrogen-bond acceptors (Lipinski definition) is 4. The minimum atomic E-state index is -4.46. The zero-order chi connectivity index (χ0) is 23.6. The summed E-state index contributed by atoms with van der Waals surface area (Å²) in [5, 5.41) is 4.55. The van der Waals surface area contributed by atoms with Gasteiger partial charge in [-0.05, 0) is 68.4 Å². The highest BCUT2D eigenvalue weighted by molar-refractivity contribution is 5.72. The standard InChI is InChI=1S/C24H23F4N3O2/c1-33-23(32)17-9-11-30(12-10-17)14-18-15-31(21-4-2-3-19(13-21)24(26,27)28)29-22(18)16-5-7-20(25)8-6-16/h2-8,13,15,17H,9-12,14H2,1H3. The summed E-state index contributed by atoms with van der Waals surface area (Å²) in [5.41, 5.74) is 1.56. The lowest BCUT2D eigenvalue weighted by atomic mass is 9.96. The molecule has 174 valence electrons. The lowest BCUT2D eigenvalue weighted by Crippen LogP contribution is -2.36. The fraction of sp³-hybridized carbons (Fsp3) is 0.333. The van der Waals surface area contributed by atoms with Crippen LogP contribution < -0.4 is 0 Å². The summed E-state index contributed by atoms with van der Waals surface area (Å²) in [6.45, 7) is 1.86. The molecule has 0 spiro atoms. The number of alkyl halides is 3. The van der Waals surface area contributed by atoms with E-state index in [-0.39, 0.29) is 23.4 Å². The molecule has 1 saturated heterocycles. The van der Waals surface area contributed by atoms with Crippen molar-refractivity contribution in [2.75, 3.05) is 20.2 Å². The van der Waals surface area contributed by atoms with Gasteiger partial charge in [0.2, 0.25) is 0 Å². The summed E-state index contributed by atoms with van der Waals surface area (Å²) >= 11 is 0. The number of carbonyl (C=O) groups excluding carboxylic acids is 1. The van der Waals surface area contributed by atoms with Gasteiger partial charge in [-0.15, -0.1) is 0 Å². The number of rotatable bonds is 5. The third kappa shape index (κ3) is 5.24. The number of esters is 1. The van der Waals surface area contributed by atoms with Crippen molar-refractivity contribution in [1.29, 1.82) is 0 Å². The van der Waals surface area contributed by atoms with Crippen LogP contribution in [0.25, 0.3) is 16.9 Å². The molecular formula is C24H23F4N3O2. The third-order valence-electron chi connectivity index (χ3n) is 5.86. The average molecular weight is 461 g/mol. The normalized spacial score (nSPS) is 15.5. The minimum Gasteiger partial charge on any atom is -0.469 e. The van der Waals surface area contributed by atoms with Crippen LogP contribution in [0.4, 0.5) is 17.6 Å². The molecule has 0 atom stereocenters. The Morgan fingerprint density at radius 2 is 1.82 bits per heavy atom. The zero-order valence-electron chi connectivity index (χ0n) is 18.0. The first kappa shape index (κ1) is 23.0. The third-order valence-corrected chi connectivity index (χ3v) is 5.86. The Bertz CT molecular complexity index is 1120. The molecule has 1 aliphatic heterocycles. The Labute approximate surface area is 188 Å². The molecule has 33 heavy (non-hydrogen) atoms. The monoisotopic (exact) mass is 461 g/mol. The van der Waals surface area contributed by atoms with E-state index in [0.29, 0.717) is 43.7 Å². The first-order chi connectivity index (χ1) is 15.7. The van der Waals surface area contributed by atoms with E-state index in [0.717, 1.165) is 17.7 Å². The van der Waals surface area contributed by atoms with Gasteiger partial charge in [-0.3, -0.25) is 9.69 Å². The summed E-state index contributed by atoms with van der Waals surface area (Å²) in [6.07, 6.45) is -1.42. The first-order valence-corrected chi connectivity index (χ1v) is 10.6. The quantitative estimate of drug-likeness (QED) is 0.393. The summed E-state index contributed by atoms with van der Waals surface area (Å²) in [5.74, 6) is -0.725. The van der Waals surface area contributed by atoms with Gasteiger partial charge < -0.3 is 4.74 Å². The van der Waals surface area contributed by atoms with Crippen LogP contribution in [0.2, 0.25) is 0 Å². The fourth-order valence-corrected chi connectivity index (χ4v) is 4.07. The highest BCUT2D eigenvalue weighted by Crippen LogP contribution is 2.32. The van der Waals surface area contributed by atoms with Crippen LogP contribution in [0, 0.1) is 11.7 Å². The molecule has 5 nitrogen and oxygen atoms in total. The molecule has 0 saturated carbocycles. The average Bonchev–Trinajstić information content (AvgIpc) is 3.23. The van der Waals surface area contributed by atoms with Crippen molar-refractivity contribution in [1.82, 2.24) is 14.7 Å². The second kappa shape index (κ2) is 9.35. The molecule has 9 heteroatoms. The number of methoxy groups -OCH3 is 1. The highest BCUT2D eigenvalue weighted by Gasteiger charge is 2.31. The van der Waals surface area contributed by atoms with Crippen LogP contribution in [0.3, 0.4) is 0 Å². The lowest BCUT2D eigenvalue weighted by Gasteiger charge is -2.30. The smallest absolute Gasteiger partial charge is 0.416 e. The summed E-state index contributed by atoms with van der Waals surface area (Å²) in [6, 6.07) is 10.8. The van der Waals surface area contributed by atoms with Crippen LogP contribution in [0.1, 0.15) is 24.0 Å². The van der Waals surface area contributed by atoms with Crippen LogP contribution in [-0.2, 0) is 22.3 Å². The van der Waals surface area contributed by atoms with Gasteiger partial charge >= 0.3 is 12.1 Å². The predicted molar refractivity (Wildman–Crippen MR) is 114 cm³/mol. The summed E-state index contributed by atoms with van der Waals surface area (Å²) < 4.78 is 59.3. The van der Waals surface area contributed by atoms with E-state index in [2.05, 4.69) is 10.00 Å². The molecule has 1 fully saturated rings. The van der Waals surface area contributed by atoms with E-state index in [1.165, 1.54) is 30.0 Å². The number of halogens is 4. The number of ether oxygens (including phenoxy) is 1. The van der Waals surface area contributed by atoms with Gasteiger partial charge in [-0.1, -0.05) is 6.07 Å². The molecule has 0 radical (unpaired) electrons. The van der Waals surface area contributed by atoms with Crippen molar-refractivity contribution >= 4 is 5.97 Å². The van der Waals surface area contributed by atoms with E-state index in [4.69, 9.17) is 4.74 Å². The number of hydrogen-bond donors (Lipinski definition) is 0. The number of piperidine rings is 1. The second-order valence-corrected chi connectivity index (χ2v) is 8.08. The van der Waals surface area contributed by atoms with E-state index in [9.17, 15) is 22.4 Å². The Kier molecular flexibility index (Phi) is 6.51. The number of likely N-dealkylation sites (tertiary alicyclic amines) is 1. The van der Waals surface area contributed by atoms with Gasteiger partial charge in [-0.2, -0.15) is 18.3 Å². The predicted octanol–water partition coefficient (Wildman–Crippen LogP) is 5.08. The number of benzene rings is 2. The SMILES string of the molecule is COC(=O)C1CCN(Cc2cn(-c3cccc(C(F)(F)F)c3)nc2-c2ccc(F)cc2)CC1. The number of carbonyl (C=O) groups is 1. The number of nitrogens with zero attached hydrogens (tertiary/aromatic N) is 3. The molecule has 0 bridgehead atoms. The lowest BCUT2D eigenvalue weighted by molar-refractivity contribution is -0.147. The first-order valence-electron chi connectivity index (χ1n) is 10.6. The Morgan fingerprint density at radius 3 is 2.45 bits per heavy atom. The highest BCUT2D eigenvalue weighted by atomic mass is 19.4. The maximum atomic E-state index is 13.5. The van der Waals surface area contributed by atoms with Gasteiger partial charge in [0.25, 0.3) is 0 Å². The van der Waals surface area contributed by atoms with Crippen molar-refractivity contribution in [3.05, 3.63) is 71.7 Å². The largest absolute Gasteiger partial charge is 0.469 e. The van der Waals surface area contributed by atoms with E-state index in [1.807, 2.05) is 0 Å². The minimum absolute atomic E-state index is 0.129. The van der Waals surface area contributed by atoms with E-state index >= 15 is 0 Å². The van der Waals surface area contributed by atoms with Crippen molar-refractivity contribution in [3.8, 4) is 16.9 Å². The molecule has 3 aromatic rings. The van der Waals surface area contributed by atoms with Crippen LogP contribution in [0.5, 0.6) is 0 Å². The van der Waals surface area contributed by atoms with E-state index in [1.54, 1.807) is 24.4 Å². The Balaban J connectivity index is 1.64. The fourth-order valence-electron chi connectivity index (χ4n) is 4.07. The molecule has 2 heterocycles. The van der Waals surface area contributed by atoms with E-state index < -0.39 is 11.7 Å². The van der Waals surface area contributed by atoms with Gasteiger partial charge in [-0.25, -0.2) is 9.07 Å². The summed E-state index contributed by atoms with van der Waals surface area (Å²) in [4.78, 5) is 14.0. The van der Waals surface area contributed by atoms with Crippen LogP contribution in [0.15, 0.2) is 54.7 Å². The molecule has 0 N–H and O–H groups in total. The summed E-state index contributed by atoms with van der Waals surface area (Å²) in [7, 11) is 1.38. The van der Waals surface area contributed by atoms with Gasteiger partial charge in [0.1, 0.15) is 5.82 Å². The van der Waals surface area contributed by atoms with Crippen molar-refractivity contribution < 1.29 is 27.1 Å². The molecule has 4 rings (SSSR count). The molecule has 0 amide bonds. The second-order valence-electron chi connectivity index (χ2n) is 8.08. The molecule has 0 unspecified atom stereocenters. The van der Waals surface area contributed by atoms with Crippen molar-refractivity contribution in [2.24, 2.45) is 5.92 Å². The maximum absolute atomic E-state index is 13.5. The Morgan fingerprint density at radius 1 is 1.12 bits per heavy atom. The molecular weight excluding hydrogens is 438 g/mol. The maximum Gasteiger partial charge on any atom is 0.416 e. The molecule has 2 aromatic carbocycles. The van der Waals surface area contributed by atoms with Gasteiger partial charge in [0, 0.05) is 23.9 Å². The molecule has 0 aliphatic carbocycles. The zero-order valence-corrected chi connectivity index (χ0v) is 18.0. The molecule has 1 aromatic heterocycles. The van der Waals surface area contributed by atoms with Crippen LogP contribution >= 0.6 is 0 Å². The van der Waals surface area contributed by atoms with Crippen molar-refractivity contribution in [3.63, 3.8) is 0 Å². The van der Waals surface area contributed by atoms with Crippen LogP contribution in [-0.4, -0.2) is 40.8 Å². The number of aromatic nitrogens is 2. The van der Waals surface area contributed by atoms with Gasteiger partial charge in [0.15, 0.2) is 0 Å².